The summed E-state index contributed by atoms with van der Waals surface area (Å²) in [6.45, 7) is 8.02. The number of morpholine rings is 1. The van der Waals surface area contributed by atoms with Crippen LogP contribution >= 0.6 is 0 Å². The molecule has 0 aromatic carbocycles. The Morgan fingerprint density at radius 1 is 1.57 bits per heavy atom. The molecule has 1 rings (SSSR count). The van der Waals surface area contributed by atoms with Crippen molar-refractivity contribution in [1.82, 2.24) is 4.90 Å². The van der Waals surface area contributed by atoms with Crippen LogP contribution in [-0.4, -0.2) is 43.3 Å². The molecule has 0 aromatic rings. The maximum atomic E-state index is 5.82. The van der Waals surface area contributed by atoms with Crippen LogP contribution in [-0.2, 0) is 4.74 Å². The van der Waals surface area contributed by atoms with Crippen LogP contribution in [0.4, 0.5) is 0 Å². The van der Waals surface area contributed by atoms with Gasteiger partial charge in [0.25, 0.3) is 0 Å². The molecule has 0 bridgehead atoms. The van der Waals surface area contributed by atoms with Crippen LogP contribution in [0, 0.1) is 0 Å². The van der Waals surface area contributed by atoms with Gasteiger partial charge < -0.3 is 10.5 Å². The predicted octanol–water partition coefficient (Wildman–Crippen LogP) is 1.22. The highest BCUT2D eigenvalue weighted by Gasteiger charge is 2.24. The van der Waals surface area contributed by atoms with Gasteiger partial charge in [-0.3, -0.25) is 4.90 Å². The maximum Gasteiger partial charge on any atom is 0.0619 e. The highest BCUT2D eigenvalue weighted by molar-refractivity contribution is 4.79. The number of hydrogen-bond acceptors (Lipinski definition) is 3. The van der Waals surface area contributed by atoms with E-state index in [4.69, 9.17) is 10.5 Å². The Morgan fingerprint density at radius 3 is 2.93 bits per heavy atom. The van der Waals surface area contributed by atoms with Crippen molar-refractivity contribution < 1.29 is 4.74 Å². The molecule has 2 N–H and O–H groups in total. The predicted molar refractivity (Wildman–Crippen MR) is 59.4 cm³/mol. The zero-order chi connectivity index (χ0) is 10.4. The summed E-state index contributed by atoms with van der Waals surface area (Å²) in [5.74, 6) is 0. The molecular weight excluding hydrogens is 176 g/mol. The Morgan fingerprint density at radius 2 is 2.36 bits per heavy atom. The summed E-state index contributed by atoms with van der Waals surface area (Å²) >= 11 is 0. The lowest BCUT2D eigenvalue weighted by atomic mass is 10.1. The van der Waals surface area contributed by atoms with Crippen LogP contribution in [0.25, 0.3) is 0 Å². The molecule has 1 fully saturated rings. The van der Waals surface area contributed by atoms with Crippen molar-refractivity contribution in [2.45, 2.75) is 45.2 Å². The van der Waals surface area contributed by atoms with E-state index in [1.54, 1.807) is 0 Å². The number of ether oxygens (including phenoxy) is 1. The van der Waals surface area contributed by atoms with Crippen LogP contribution in [0.15, 0.2) is 0 Å². The lowest BCUT2D eigenvalue weighted by molar-refractivity contribution is -0.0221. The first-order valence-electron chi connectivity index (χ1n) is 5.83. The molecule has 14 heavy (non-hydrogen) atoms. The Hall–Kier alpha value is -0.120. The van der Waals surface area contributed by atoms with Gasteiger partial charge in [0, 0.05) is 25.2 Å². The molecule has 0 aliphatic carbocycles. The van der Waals surface area contributed by atoms with Crippen LogP contribution in [0.3, 0.4) is 0 Å². The third-order valence-electron chi connectivity index (χ3n) is 3.05. The van der Waals surface area contributed by atoms with E-state index in [0.29, 0.717) is 12.1 Å². The molecule has 1 aliphatic heterocycles. The van der Waals surface area contributed by atoms with Crippen molar-refractivity contribution in [3.63, 3.8) is 0 Å². The molecule has 2 unspecified atom stereocenters. The summed E-state index contributed by atoms with van der Waals surface area (Å²) in [6, 6.07) is 1.10. The van der Waals surface area contributed by atoms with E-state index in [-0.39, 0.29) is 0 Å². The first kappa shape index (κ1) is 12.0. The fourth-order valence-electron chi connectivity index (χ4n) is 2.14. The fourth-order valence-corrected chi connectivity index (χ4v) is 2.14. The van der Waals surface area contributed by atoms with Crippen molar-refractivity contribution >= 4 is 0 Å². The zero-order valence-electron chi connectivity index (χ0n) is 9.54. The third-order valence-corrected chi connectivity index (χ3v) is 3.05. The summed E-state index contributed by atoms with van der Waals surface area (Å²) in [7, 11) is 0. The molecule has 3 nitrogen and oxygen atoms in total. The summed E-state index contributed by atoms with van der Waals surface area (Å²) < 4.78 is 5.43. The molecule has 0 spiro atoms. The molecule has 84 valence electrons. The molecule has 0 amide bonds. The van der Waals surface area contributed by atoms with Crippen molar-refractivity contribution in [2.24, 2.45) is 5.73 Å². The van der Waals surface area contributed by atoms with E-state index in [1.807, 2.05) is 0 Å². The Labute approximate surface area is 87.6 Å². The van der Waals surface area contributed by atoms with Gasteiger partial charge in [-0.25, -0.2) is 0 Å². The zero-order valence-corrected chi connectivity index (χ0v) is 9.54. The van der Waals surface area contributed by atoms with E-state index >= 15 is 0 Å². The van der Waals surface area contributed by atoms with Crippen molar-refractivity contribution in [1.29, 1.82) is 0 Å². The SMILES string of the molecule is CCCCC(CN)N1CCOCC1C. The molecule has 0 radical (unpaired) electrons. The molecule has 2 atom stereocenters. The van der Waals surface area contributed by atoms with E-state index in [2.05, 4.69) is 18.7 Å². The second-order valence-corrected chi connectivity index (χ2v) is 4.19. The third kappa shape index (κ3) is 3.23. The second kappa shape index (κ2) is 6.38. The second-order valence-electron chi connectivity index (χ2n) is 4.19. The van der Waals surface area contributed by atoms with Gasteiger partial charge >= 0.3 is 0 Å². The summed E-state index contributed by atoms with van der Waals surface area (Å²) in [6.07, 6.45) is 3.78. The minimum atomic E-state index is 0.536. The van der Waals surface area contributed by atoms with Crippen molar-refractivity contribution in [2.75, 3.05) is 26.3 Å². The Kier molecular flexibility index (Phi) is 5.45. The quantitative estimate of drug-likeness (QED) is 0.725. The highest BCUT2D eigenvalue weighted by Crippen LogP contribution is 2.14. The van der Waals surface area contributed by atoms with Crippen LogP contribution in [0.1, 0.15) is 33.1 Å². The van der Waals surface area contributed by atoms with E-state index in [1.165, 1.54) is 19.3 Å². The number of rotatable bonds is 5. The number of nitrogens with two attached hydrogens (primary N) is 1. The normalized spacial score (nSPS) is 26.4. The average molecular weight is 200 g/mol. The smallest absolute Gasteiger partial charge is 0.0619 e. The van der Waals surface area contributed by atoms with Gasteiger partial charge in [0.15, 0.2) is 0 Å². The summed E-state index contributed by atoms with van der Waals surface area (Å²) in [5, 5.41) is 0. The molecule has 1 aliphatic rings. The molecular formula is C11H24N2O. The van der Waals surface area contributed by atoms with Crippen LogP contribution < -0.4 is 5.73 Å². The minimum Gasteiger partial charge on any atom is -0.379 e. The Bertz CT molecular complexity index is 152. The molecule has 0 saturated carbocycles. The number of unbranched alkanes of at least 4 members (excludes halogenated alkanes) is 1. The van der Waals surface area contributed by atoms with E-state index < -0.39 is 0 Å². The van der Waals surface area contributed by atoms with Gasteiger partial charge in [-0.2, -0.15) is 0 Å². The molecule has 1 saturated heterocycles. The van der Waals surface area contributed by atoms with Gasteiger partial charge in [-0.05, 0) is 13.3 Å². The number of nitrogens with zero attached hydrogens (tertiary/aromatic N) is 1. The molecule has 3 heteroatoms. The highest BCUT2D eigenvalue weighted by atomic mass is 16.5. The lowest BCUT2D eigenvalue weighted by Crippen LogP contribution is -2.51. The molecule has 0 aromatic heterocycles. The maximum absolute atomic E-state index is 5.82. The van der Waals surface area contributed by atoms with E-state index in [9.17, 15) is 0 Å². The minimum absolute atomic E-state index is 0.536. The van der Waals surface area contributed by atoms with Gasteiger partial charge in [0.2, 0.25) is 0 Å². The first-order valence-corrected chi connectivity index (χ1v) is 5.83. The largest absolute Gasteiger partial charge is 0.379 e. The first-order chi connectivity index (χ1) is 6.79. The summed E-state index contributed by atoms with van der Waals surface area (Å²) in [5.41, 5.74) is 5.82. The van der Waals surface area contributed by atoms with E-state index in [0.717, 1.165) is 26.3 Å². The van der Waals surface area contributed by atoms with Crippen molar-refractivity contribution in [3.8, 4) is 0 Å². The fraction of sp³-hybridized carbons (Fsp3) is 1.00. The van der Waals surface area contributed by atoms with Crippen LogP contribution in [0.5, 0.6) is 0 Å². The topological polar surface area (TPSA) is 38.5 Å². The summed E-state index contributed by atoms with van der Waals surface area (Å²) in [4.78, 5) is 2.51. The average Bonchev–Trinajstić information content (AvgIpc) is 2.21. The standard InChI is InChI=1S/C11H24N2O/c1-3-4-5-11(8-12)13-6-7-14-9-10(13)2/h10-11H,3-9,12H2,1-2H3. The number of hydrogen-bond donors (Lipinski definition) is 1. The van der Waals surface area contributed by atoms with Gasteiger partial charge in [-0.15, -0.1) is 0 Å². The van der Waals surface area contributed by atoms with Crippen molar-refractivity contribution in [3.05, 3.63) is 0 Å². The molecule has 1 heterocycles. The van der Waals surface area contributed by atoms with Gasteiger partial charge in [0.1, 0.15) is 0 Å². The Balaban J connectivity index is 2.40. The van der Waals surface area contributed by atoms with Gasteiger partial charge in [0.05, 0.1) is 13.2 Å². The van der Waals surface area contributed by atoms with Gasteiger partial charge in [-0.1, -0.05) is 19.8 Å². The van der Waals surface area contributed by atoms with Crippen LogP contribution in [0.2, 0.25) is 0 Å². The monoisotopic (exact) mass is 200 g/mol. The lowest BCUT2D eigenvalue weighted by Gasteiger charge is -2.39.